The monoisotopic (exact) mass is 508 g/mol. The standard InChI is InChI=1S/C28H32N2O5S/c1-32-23-11-16-9-10-29-27(18(16)12-24(23)33-2)22(31)15-36-28-17-7-5-6-8-20(17)30-21-14-26(35-4)25(34-3)13-19(21)28/h11-14,27,29H,5-10,15H2,1-4H3. The number of aromatic nitrogens is 1. The van der Waals surface area contributed by atoms with Crippen LogP contribution < -0.4 is 24.3 Å². The fourth-order valence-electron chi connectivity index (χ4n) is 5.27. The van der Waals surface area contributed by atoms with Crippen LogP contribution >= 0.6 is 11.8 Å². The number of rotatable bonds is 8. The maximum absolute atomic E-state index is 13.6. The van der Waals surface area contributed by atoms with Crippen molar-refractivity contribution in [2.24, 2.45) is 0 Å². The van der Waals surface area contributed by atoms with Crippen molar-refractivity contribution in [3.8, 4) is 23.0 Å². The van der Waals surface area contributed by atoms with E-state index in [0.29, 0.717) is 28.8 Å². The van der Waals surface area contributed by atoms with Gasteiger partial charge in [0.2, 0.25) is 0 Å². The summed E-state index contributed by atoms with van der Waals surface area (Å²) in [7, 11) is 6.53. The van der Waals surface area contributed by atoms with Crippen LogP contribution in [0.2, 0.25) is 0 Å². The Morgan fingerprint density at radius 2 is 1.58 bits per heavy atom. The number of benzene rings is 2. The number of fused-ring (bicyclic) bond motifs is 3. The summed E-state index contributed by atoms with van der Waals surface area (Å²) in [5.74, 6) is 3.15. The zero-order valence-corrected chi connectivity index (χ0v) is 22.0. The second kappa shape index (κ2) is 10.6. The van der Waals surface area contributed by atoms with Crippen molar-refractivity contribution in [1.29, 1.82) is 0 Å². The minimum Gasteiger partial charge on any atom is -0.493 e. The number of hydrogen-bond acceptors (Lipinski definition) is 8. The summed E-state index contributed by atoms with van der Waals surface area (Å²) in [4.78, 5) is 19.7. The Morgan fingerprint density at radius 3 is 2.33 bits per heavy atom. The minimum atomic E-state index is -0.375. The zero-order chi connectivity index (χ0) is 25.2. The Kier molecular flexibility index (Phi) is 7.25. The molecule has 36 heavy (non-hydrogen) atoms. The van der Waals surface area contributed by atoms with Gasteiger partial charge < -0.3 is 24.3 Å². The largest absolute Gasteiger partial charge is 0.493 e. The number of carbonyl (C=O) groups excluding carboxylic acids is 1. The average Bonchev–Trinajstić information content (AvgIpc) is 2.93. The lowest BCUT2D eigenvalue weighted by Crippen LogP contribution is -2.36. The Bertz CT molecular complexity index is 1300. The number of nitrogens with one attached hydrogen (secondary N) is 1. The normalized spacial score (nSPS) is 16.7. The van der Waals surface area contributed by atoms with Crippen molar-refractivity contribution in [2.45, 2.75) is 43.0 Å². The molecule has 0 saturated carbocycles. The summed E-state index contributed by atoms with van der Waals surface area (Å²) >= 11 is 1.61. The highest BCUT2D eigenvalue weighted by molar-refractivity contribution is 8.00. The first-order valence-electron chi connectivity index (χ1n) is 12.3. The first kappa shape index (κ1) is 24.7. The van der Waals surface area contributed by atoms with E-state index in [1.165, 1.54) is 5.56 Å². The summed E-state index contributed by atoms with van der Waals surface area (Å²) in [6, 6.07) is 7.49. The van der Waals surface area contributed by atoms with E-state index in [2.05, 4.69) is 5.32 Å². The molecule has 1 N–H and O–H groups in total. The summed E-state index contributed by atoms with van der Waals surface area (Å²) < 4.78 is 22.1. The number of carbonyl (C=O) groups is 1. The quantitative estimate of drug-likeness (QED) is 0.439. The van der Waals surface area contributed by atoms with Crippen LogP contribution in [-0.2, 0) is 24.1 Å². The van der Waals surface area contributed by atoms with Crippen LogP contribution in [0.15, 0.2) is 29.2 Å². The zero-order valence-electron chi connectivity index (χ0n) is 21.2. The summed E-state index contributed by atoms with van der Waals surface area (Å²) in [6.45, 7) is 0.744. The molecule has 1 aliphatic heterocycles. The summed E-state index contributed by atoms with van der Waals surface area (Å²) in [5, 5.41) is 4.43. The Hall–Kier alpha value is -2.97. The number of ketones is 1. The molecule has 1 aromatic heterocycles. The molecule has 1 unspecified atom stereocenters. The van der Waals surface area contributed by atoms with Gasteiger partial charge in [-0.25, -0.2) is 0 Å². The second-order valence-corrected chi connectivity index (χ2v) is 10.1. The van der Waals surface area contributed by atoms with E-state index < -0.39 is 0 Å². The molecule has 0 saturated heterocycles. The molecule has 190 valence electrons. The Balaban J connectivity index is 1.49. The predicted molar refractivity (Wildman–Crippen MR) is 141 cm³/mol. The molecule has 2 heterocycles. The van der Waals surface area contributed by atoms with Gasteiger partial charge in [0.15, 0.2) is 28.8 Å². The van der Waals surface area contributed by atoms with Crippen molar-refractivity contribution in [2.75, 3.05) is 40.7 Å². The molecule has 7 nitrogen and oxygen atoms in total. The van der Waals surface area contributed by atoms with E-state index in [1.54, 1.807) is 40.2 Å². The van der Waals surface area contributed by atoms with E-state index in [1.807, 2.05) is 24.3 Å². The Labute approximate surface area is 215 Å². The first-order valence-corrected chi connectivity index (χ1v) is 13.3. The van der Waals surface area contributed by atoms with Gasteiger partial charge in [0, 0.05) is 28.6 Å². The lowest BCUT2D eigenvalue weighted by atomic mass is 9.91. The third kappa shape index (κ3) is 4.48. The van der Waals surface area contributed by atoms with Gasteiger partial charge in [-0.2, -0.15) is 0 Å². The maximum Gasteiger partial charge on any atom is 0.164 e. The molecule has 0 radical (unpaired) electrons. The SMILES string of the molecule is COc1cc2c(cc1OC)C(C(=O)CSc1c3c(nc4cc(OC)c(OC)cc14)CCCC3)NCC2. The predicted octanol–water partition coefficient (Wildman–Crippen LogP) is 4.70. The van der Waals surface area contributed by atoms with E-state index >= 15 is 0 Å². The van der Waals surface area contributed by atoms with Gasteiger partial charge in [-0.15, -0.1) is 11.8 Å². The third-order valence-electron chi connectivity index (χ3n) is 7.09. The molecule has 2 aliphatic rings. The highest BCUT2D eigenvalue weighted by atomic mass is 32.2. The lowest BCUT2D eigenvalue weighted by Gasteiger charge is -2.27. The number of nitrogens with zero attached hydrogens (tertiary/aromatic N) is 1. The van der Waals surface area contributed by atoms with Gasteiger partial charge in [-0.3, -0.25) is 9.78 Å². The fraction of sp³-hybridized carbons (Fsp3) is 0.429. The van der Waals surface area contributed by atoms with Crippen LogP contribution in [0, 0.1) is 0 Å². The van der Waals surface area contributed by atoms with E-state index in [0.717, 1.165) is 71.3 Å². The van der Waals surface area contributed by atoms with E-state index in [-0.39, 0.29) is 11.8 Å². The third-order valence-corrected chi connectivity index (χ3v) is 8.28. The molecule has 8 heteroatoms. The first-order chi connectivity index (χ1) is 17.6. The molecule has 3 aromatic rings. The van der Waals surface area contributed by atoms with Crippen LogP contribution in [0.5, 0.6) is 23.0 Å². The molecule has 0 bridgehead atoms. The highest BCUT2D eigenvalue weighted by Gasteiger charge is 2.29. The van der Waals surface area contributed by atoms with Crippen molar-refractivity contribution >= 4 is 28.4 Å². The van der Waals surface area contributed by atoms with Gasteiger partial charge in [0.25, 0.3) is 0 Å². The van der Waals surface area contributed by atoms with Gasteiger partial charge in [0.05, 0.1) is 45.8 Å². The summed E-state index contributed by atoms with van der Waals surface area (Å²) in [5.41, 5.74) is 5.37. The van der Waals surface area contributed by atoms with Crippen LogP contribution in [0.3, 0.4) is 0 Å². The van der Waals surface area contributed by atoms with E-state index in [9.17, 15) is 4.79 Å². The summed E-state index contributed by atoms with van der Waals surface area (Å²) in [6.07, 6.45) is 5.05. The molecule has 5 rings (SSSR count). The molecule has 1 aliphatic carbocycles. The van der Waals surface area contributed by atoms with Crippen LogP contribution in [0.1, 0.15) is 41.3 Å². The molecular weight excluding hydrogens is 476 g/mol. The van der Waals surface area contributed by atoms with Crippen molar-refractivity contribution in [1.82, 2.24) is 10.3 Å². The number of Topliss-reactive ketones (excluding diaryl/α,β-unsaturated/α-hetero) is 1. The van der Waals surface area contributed by atoms with Crippen molar-refractivity contribution < 1.29 is 23.7 Å². The minimum absolute atomic E-state index is 0.142. The molecular formula is C28H32N2O5S. The van der Waals surface area contributed by atoms with Gasteiger partial charge in [0.1, 0.15) is 0 Å². The number of pyridine rings is 1. The lowest BCUT2D eigenvalue weighted by molar-refractivity contribution is -0.118. The molecule has 0 fully saturated rings. The highest BCUT2D eigenvalue weighted by Crippen LogP contribution is 2.41. The fourth-order valence-corrected chi connectivity index (χ4v) is 6.44. The maximum atomic E-state index is 13.6. The van der Waals surface area contributed by atoms with Crippen LogP contribution in [0.25, 0.3) is 10.9 Å². The molecule has 0 amide bonds. The van der Waals surface area contributed by atoms with Crippen molar-refractivity contribution in [3.63, 3.8) is 0 Å². The van der Waals surface area contributed by atoms with Crippen LogP contribution in [0.4, 0.5) is 0 Å². The Morgan fingerprint density at radius 1 is 0.917 bits per heavy atom. The van der Waals surface area contributed by atoms with Gasteiger partial charge >= 0.3 is 0 Å². The topological polar surface area (TPSA) is 78.9 Å². The number of ether oxygens (including phenoxy) is 4. The molecule has 2 aromatic carbocycles. The number of hydrogen-bond donors (Lipinski definition) is 1. The van der Waals surface area contributed by atoms with E-state index in [4.69, 9.17) is 23.9 Å². The molecule has 1 atom stereocenters. The second-order valence-electron chi connectivity index (χ2n) is 9.10. The number of aryl methyl sites for hydroxylation is 1. The average molecular weight is 509 g/mol. The van der Waals surface area contributed by atoms with Gasteiger partial charge in [-0.05, 0) is 67.0 Å². The van der Waals surface area contributed by atoms with Gasteiger partial charge in [-0.1, -0.05) is 0 Å². The molecule has 0 spiro atoms. The van der Waals surface area contributed by atoms with Crippen LogP contribution in [-0.4, -0.2) is 51.5 Å². The smallest absolute Gasteiger partial charge is 0.164 e. The van der Waals surface area contributed by atoms with Crippen molar-refractivity contribution in [3.05, 3.63) is 46.6 Å². The number of thioether (sulfide) groups is 1. The number of methoxy groups -OCH3 is 4.